The average molecular weight is 215 g/mol. The van der Waals surface area contributed by atoms with E-state index in [0.29, 0.717) is 0 Å². The molecule has 16 heavy (non-hydrogen) atoms. The van der Waals surface area contributed by atoms with Crippen LogP contribution in [0.1, 0.15) is 19.4 Å². The van der Waals surface area contributed by atoms with E-state index >= 15 is 0 Å². The van der Waals surface area contributed by atoms with E-state index in [1.165, 1.54) is 6.08 Å². The molecule has 0 saturated carbocycles. The van der Waals surface area contributed by atoms with Crippen molar-refractivity contribution >= 4 is 11.8 Å². The van der Waals surface area contributed by atoms with Crippen LogP contribution in [-0.2, 0) is 0 Å². The molecule has 0 fully saturated rings. The molecule has 0 unspecified atom stereocenters. The predicted octanol–water partition coefficient (Wildman–Crippen LogP) is 3.99. The van der Waals surface area contributed by atoms with Crippen LogP contribution < -0.4 is 0 Å². The van der Waals surface area contributed by atoms with Gasteiger partial charge in [-0.15, -0.1) is 0 Å². The monoisotopic (exact) mass is 215 g/mol. The Morgan fingerprint density at radius 2 is 1.81 bits per heavy atom. The molecule has 1 aliphatic heterocycles. The van der Waals surface area contributed by atoms with E-state index in [1.807, 2.05) is 56.3 Å². The molecule has 2 heteroatoms. The van der Waals surface area contributed by atoms with Crippen molar-refractivity contribution in [3.05, 3.63) is 54.0 Å². The van der Waals surface area contributed by atoms with Gasteiger partial charge in [0.1, 0.15) is 0 Å². The number of allylic oxidation sites excluding steroid dienone is 2. The summed E-state index contributed by atoms with van der Waals surface area (Å²) in [5.74, 6) is -0.391. The largest absolute Gasteiger partial charge is 0.224 e. The second kappa shape index (κ2) is 4.05. The van der Waals surface area contributed by atoms with Gasteiger partial charge in [-0.3, -0.25) is 0 Å². The quantitative estimate of drug-likeness (QED) is 0.661. The third kappa shape index (κ3) is 2.27. The smallest absolute Gasteiger partial charge is 0.209 e. The molecule has 0 amide bonds. The molecule has 2 rings (SSSR count). The summed E-state index contributed by atoms with van der Waals surface area (Å²) in [7, 11) is 0. The highest BCUT2D eigenvalue weighted by Gasteiger charge is 2.26. The van der Waals surface area contributed by atoms with Crippen LogP contribution in [0.15, 0.2) is 53.4 Å². The number of benzene rings is 1. The number of hydrogen-bond acceptors (Lipinski definition) is 1. The fourth-order valence-corrected chi connectivity index (χ4v) is 1.65. The number of rotatable bonds is 2. The Balaban J connectivity index is 2.19. The Bertz CT molecular complexity index is 467. The minimum absolute atomic E-state index is 0.310. The van der Waals surface area contributed by atoms with E-state index in [9.17, 15) is 4.39 Å². The predicted molar refractivity (Wildman–Crippen MR) is 65.9 cm³/mol. The molecule has 1 aromatic rings. The second-order valence-electron chi connectivity index (χ2n) is 4.43. The Kier molecular flexibility index (Phi) is 2.73. The van der Waals surface area contributed by atoms with Gasteiger partial charge in [-0.1, -0.05) is 50.3 Å². The Labute approximate surface area is 95.0 Å². The lowest BCUT2D eigenvalue weighted by atomic mass is 9.88. The normalized spacial score (nSPS) is 18.7. The Morgan fingerprint density at radius 1 is 1.12 bits per heavy atom. The lowest BCUT2D eigenvalue weighted by Crippen LogP contribution is -2.16. The molecule has 1 aliphatic rings. The van der Waals surface area contributed by atoms with Crippen molar-refractivity contribution in [3.8, 4) is 0 Å². The third-order valence-corrected chi connectivity index (χ3v) is 2.60. The summed E-state index contributed by atoms with van der Waals surface area (Å²) in [5.41, 5.74) is 1.54. The molecule has 0 aliphatic carbocycles. The molecule has 1 aromatic carbocycles. The molecule has 82 valence electrons. The summed E-state index contributed by atoms with van der Waals surface area (Å²) in [6, 6.07) is 9.92. The summed E-state index contributed by atoms with van der Waals surface area (Å²) in [4.78, 5) is 3.88. The zero-order valence-corrected chi connectivity index (χ0v) is 9.44. The first-order valence-electron chi connectivity index (χ1n) is 5.28. The van der Waals surface area contributed by atoms with Gasteiger partial charge in [0.25, 0.3) is 0 Å². The average Bonchev–Trinajstić information content (AvgIpc) is 2.50. The SMILES string of the molecule is CC1(C)C=C(F)N=C1/C=C/c1ccccc1. The number of nitrogens with zero attached hydrogens (tertiary/aromatic N) is 1. The summed E-state index contributed by atoms with van der Waals surface area (Å²) in [5, 5.41) is 0. The molecular weight excluding hydrogens is 201 g/mol. The van der Waals surface area contributed by atoms with Gasteiger partial charge in [-0.25, -0.2) is 4.99 Å². The minimum atomic E-state index is -0.391. The van der Waals surface area contributed by atoms with E-state index in [4.69, 9.17) is 0 Å². The van der Waals surface area contributed by atoms with Crippen molar-refractivity contribution in [2.24, 2.45) is 10.4 Å². The molecule has 0 aromatic heterocycles. The molecule has 0 atom stereocenters. The highest BCUT2D eigenvalue weighted by atomic mass is 19.1. The van der Waals surface area contributed by atoms with Crippen LogP contribution in [0.2, 0.25) is 0 Å². The first-order valence-corrected chi connectivity index (χ1v) is 5.28. The second-order valence-corrected chi connectivity index (χ2v) is 4.43. The summed E-state index contributed by atoms with van der Waals surface area (Å²) in [6.45, 7) is 3.90. The molecule has 1 heterocycles. The van der Waals surface area contributed by atoms with Crippen LogP contribution in [0.4, 0.5) is 4.39 Å². The van der Waals surface area contributed by atoms with Crippen molar-refractivity contribution in [1.29, 1.82) is 0 Å². The highest BCUT2D eigenvalue weighted by Crippen LogP contribution is 2.30. The van der Waals surface area contributed by atoms with E-state index in [1.54, 1.807) is 0 Å². The zero-order valence-electron chi connectivity index (χ0n) is 9.44. The molecular formula is C14H14FN. The summed E-state index contributed by atoms with van der Waals surface area (Å²) in [6.07, 6.45) is 5.36. The van der Waals surface area contributed by atoms with Gasteiger partial charge < -0.3 is 0 Å². The van der Waals surface area contributed by atoms with Crippen molar-refractivity contribution in [1.82, 2.24) is 0 Å². The zero-order chi connectivity index (χ0) is 11.6. The number of aliphatic imine (C=N–C) groups is 1. The maximum Gasteiger partial charge on any atom is 0.209 e. The lowest BCUT2D eigenvalue weighted by molar-refractivity contribution is 0.612. The minimum Gasteiger partial charge on any atom is -0.224 e. The first kappa shape index (κ1) is 10.8. The fourth-order valence-electron chi connectivity index (χ4n) is 1.65. The van der Waals surface area contributed by atoms with Gasteiger partial charge in [-0.05, 0) is 17.7 Å². The van der Waals surface area contributed by atoms with E-state index < -0.39 is 5.95 Å². The highest BCUT2D eigenvalue weighted by molar-refractivity contribution is 6.05. The first-order chi connectivity index (χ1) is 7.58. The summed E-state index contributed by atoms with van der Waals surface area (Å²) < 4.78 is 13.0. The van der Waals surface area contributed by atoms with Crippen molar-refractivity contribution in [3.63, 3.8) is 0 Å². The van der Waals surface area contributed by atoms with Gasteiger partial charge in [0.15, 0.2) is 0 Å². The maximum atomic E-state index is 13.0. The van der Waals surface area contributed by atoms with E-state index in [0.717, 1.165) is 11.3 Å². The maximum absolute atomic E-state index is 13.0. The van der Waals surface area contributed by atoms with Crippen LogP contribution in [0.3, 0.4) is 0 Å². The fraction of sp³-hybridized carbons (Fsp3) is 0.214. The van der Waals surface area contributed by atoms with Crippen molar-refractivity contribution in [2.75, 3.05) is 0 Å². The van der Waals surface area contributed by atoms with Crippen LogP contribution in [0.5, 0.6) is 0 Å². The molecule has 0 saturated heterocycles. The topological polar surface area (TPSA) is 12.4 Å². The van der Waals surface area contributed by atoms with E-state index in [2.05, 4.69) is 4.99 Å². The van der Waals surface area contributed by atoms with Gasteiger partial charge in [0.2, 0.25) is 5.95 Å². The number of hydrogen-bond donors (Lipinski definition) is 0. The van der Waals surface area contributed by atoms with E-state index in [-0.39, 0.29) is 5.41 Å². The van der Waals surface area contributed by atoms with Crippen molar-refractivity contribution < 1.29 is 4.39 Å². The summed E-state index contributed by atoms with van der Waals surface area (Å²) >= 11 is 0. The lowest BCUT2D eigenvalue weighted by Gasteiger charge is -2.14. The van der Waals surface area contributed by atoms with Gasteiger partial charge >= 0.3 is 0 Å². The molecule has 0 spiro atoms. The van der Waals surface area contributed by atoms with Gasteiger partial charge in [-0.2, -0.15) is 4.39 Å². The van der Waals surface area contributed by atoms with Crippen LogP contribution in [0.25, 0.3) is 6.08 Å². The Hall–Kier alpha value is -1.70. The molecule has 0 radical (unpaired) electrons. The van der Waals surface area contributed by atoms with Crippen LogP contribution in [-0.4, -0.2) is 5.71 Å². The molecule has 0 bridgehead atoms. The molecule has 0 N–H and O–H groups in total. The number of halogens is 1. The van der Waals surface area contributed by atoms with Crippen molar-refractivity contribution in [2.45, 2.75) is 13.8 Å². The standard InChI is InChI=1S/C14H14FN/c1-14(2)10-13(15)16-12(14)9-8-11-6-4-3-5-7-11/h3-10H,1-2H3/b9-8+. The van der Waals surface area contributed by atoms with Crippen LogP contribution >= 0.6 is 0 Å². The van der Waals surface area contributed by atoms with Crippen LogP contribution in [0, 0.1) is 5.41 Å². The third-order valence-electron chi connectivity index (χ3n) is 2.60. The van der Waals surface area contributed by atoms with Gasteiger partial charge in [0.05, 0.1) is 5.71 Å². The van der Waals surface area contributed by atoms with Gasteiger partial charge in [0, 0.05) is 5.41 Å². The Morgan fingerprint density at radius 3 is 2.38 bits per heavy atom. The molecule has 1 nitrogen and oxygen atoms in total.